The summed E-state index contributed by atoms with van der Waals surface area (Å²) in [7, 11) is 0. The first kappa shape index (κ1) is 14.0. The molecule has 1 aromatic heterocycles. The molecule has 0 unspecified atom stereocenters. The molecule has 0 aromatic carbocycles. The van der Waals surface area contributed by atoms with E-state index in [-0.39, 0.29) is 18.3 Å². The number of nitrogens with one attached hydrogen (secondary N) is 1. The van der Waals surface area contributed by atoms with E-state index in [1.165, 1.54) is 0 Å². The molecule has 1 heterocycles. The molecule has 0 radical (unpaired) electrons. The van der Waals surface area contributed by atoms with Gasteiger partial charge in [0, 0.05) is 12.1 Å². The fraction of sp³-hybridized carbons (Fsp3) is 0.385. The summed E-state index contributed by atoms with van der Waals surface area (Å²) in [6, 6.07) is 0. The van der Waals surface area contributed by atoms with E-state index in [2.05, 4.69) is 4.98 Å². The zero-order chi connectivity index (χ0) is 13.7. The lowest BCUT2D eigenvalue weighted by Crippen LogP contribution is -2.08. The van der Waals surface area contributed by atoms with Crippen LogP contribution in [0.3, 0.4) is 0 Å². The first-order valence-electron chi connectivity index (χ1n) is 5.78. The van der Waals surface area contributed by atoms with Gasteiger partial charge < -0.3 is 15.5 Å². The fourth-order valence-corrected chi connectivity index (χ4v) is 1.71. The highest BCUT2D eigenvalue weighted by atomic mass is 16.5. The van der Waals surface area contributed by atoms with Gasteiger partial charge in [-0.3, -0.25) is 4.79 Å². The molecular weight excluding hydrogens is 232 g/mol. The predicted octanol–water partition coefficient (Wildman–Crippen LogP) is 1.70. The van der Waals surface area contributed by atoms with Crippen molar-refractivity contribution in [1.82, 2.24) is 4.98 Å². The van der Waals surface area contributed by atoms with Crippen LogP contribution in [0.5, 0.6) is 0 Å². The molecule has 98 valence electrons. The van der Waals surface area contributed by atoms with Crippen molar-refractivity contribution in [2.24, 2.45) is 5.73 Å². The number of amides is 1. The number of carbonyl (C=O) groups excluding carboxylic acids is 2. The maximum atomic E-state index is 11.7. The Bertz CT molecular complexity index is 487. The first-order valence-corrected chi connectivity index (χ1v) is 5.78. The molecule has 3 N–H and O–H groups in total. The Morgan fingerprint density at radius 2 is 2.06 bits per heavy atom. The molecule has 0 spiro atoms. The Kier molecular flexibility index (Phi) is 4.71. The molecule has 18 heavy (non-hydrogen) atoms. The van der Waals surface area contributed by atoms with Crippen LogP contribution in [0, 0.1) is 13.8 Å². The molecule has 0 aliphatic heterocycles. The highest BCUT2D eigenvalue weighted by Gasteiger charge is 2.16. The molecule has 0 saturated carbocycles. The van der Waals surface area contributed by atoms with Crippen LogP contribution in [0.25, 0.3) is 6.08 Å². The highest BCUT2D eigenvalue weighted by Crippen LogP contribution is 2.20. The zero-order valence-electron chi connectivity index (χ0n) is 10.9. The number of ether oxygens (including phenoxy) is 1. The second-order valence-corrected chi connectivity index (χ2v) is 3.96. The Hall–Kier alpha value is -2.04. The third-order valence-corrected chi connectivity index (χ3v) is 2.58. The minimum Gasteiger partial charge on any atom is -0.461 e. The van der Waals surface area contributed by atoms with Crippen molar-refractivity contribution in [2.45, 2.75) is 27.2 Å². The van der Waals surface area contributed by atoms with Crippen LogP contribution in [0.1, 0.15) is 40.7 Å². The van der Waals surface area contributed by atoms with Crippen LogP contribution in [0.4, 0.5) is 0 Å². The number of aromatic amines is 1. The van der Waals surface area contributed by atoms with Crippen molar-refractivity contribution in [3.63, 3.8) is 0 Å². The fourth-order valence-electron chi connectivity index (χ4n) is 1.71. The van der Waals surface area contributed by atoms with E-state index in [9.17, 15) is 9.59 Å². The van der Waals surface area contributed by atoms with Crippen molar-refractivity contribution in [3.8, 4) is 0 Å². The molecule has 1 amide bonds. The van der Waals surface area contributed by atoms with E-state index >= 15 is 0 Å². The average Bonchev–Trinajstić information content (AvgIpc) is 2.56. The summed E-state index contributed by atoms with van der Waals surface area (Å²) in [6.45, 7) is 5.79. The molecule has 0 atom stereocenters. The third kappa shape index (κ3) is 3.23. The second kappa shape index (κ2) is 6.05. The monoisotopic (exact) mass is 250 g/mol. The standard InChI is InChI=1S/C13H18N2O3/c1-4-18-13(17)12-8(2)10(9(3)15-12)6-5-7-11(14)16/h5-6,15H,4,7H2,1-3H3,(H2,14,16). The number of H-pyrrole nitrogens is 1. The molecule has 0 bridgehead atoms. The van der Waals surface area contributed by atoms with Crippen molar-refractivity contribution in [1.29, 1.82) is 0 Å². The van der Waals surface area contributed by atoms with Gasteiger partial charge in [0.2, 0.25) is 5.91 Å². The van der Waals surface area contributed by atoms with E-state index in [1.807, 2.05) is 13.8 Å². The minimum atomic E-state index is -0.386. The van der Waals surface area contributed by atoms with Crippen LogP contribution >= 0.6 is 0 Å². The van der Waals surface area contributed by atoms with Gasteiger partial charge in [0.25, 0.3) is 0 Å². The molecule has 5 heteroatoms. The number of hydrogen-bond acceptors (Lipinski definition) is 3. The minimum absolute atomic E-state index is 0.179. The molecule has 0 aliphatic carbocycles. The number of carbonyl (C=O) groups is 2. The summed E-state index contributed by atoms with van der Waals surface area (Å²) in [4.78, 5) is 25.3. The lowest BCUT2D eigenvalue weighted by atomic mass is 10.1. The number of rotatable bonds is 5. The van der Waals surface area contributed by atoms with Gasteiger partial charge in [0.05, 0.1) is 6.61 Å². The maximum Gasteiger partial charge on any atom is 0.355 e. The van der Waals surface area contributed by atoms with Gasteiger partial charge in [0.15, 0.2) is 0 Å². The van der Waals surface area contributed by atoms with Gasteiger partial charge in [0.1, 0.15) is 5.69 Å². The zero-order valence-corrected chi connectivity index (χ0v) is 10.9. The SMILES string of the molecule is CCOC(=O)c1[nH]c(C)c(C=CCC(N)=O)c1C. The summed E-state index contributed by atoms with van der Waals surface area (Å²) < 4.78 is 4.95. The molecule has 0 aliphatic rings. The van der Waals surface area contributed by atoms with Crippen molar-refractivity contribution in [3.05, 3.63) is 28.6 Å². The number of aryl methyl sites for hydroxylation is 1. The summed E-state index contributed by atoms with van der Waals surface area (Å²) in [6.07, 6.45) is 3.65. The Morgan fingerprint density at radius 3 is 2.61 bits per heavy atom. The van der Waals surface area contributed by atoms with Gasteiger partial charge in [-0.05, 0) is 31.9 Å². The van der Waals surface area contributed by atoms with Gasteiger partial charge in [-0.2, -0.15) is 0 Å². The van der Waals surface area contributed by atoms with Crippen LogP contribution in [0.15, 0.2) is 6.08 Å². The van der Waals surface area contributed by atoms with E-state index in [0.29, 0.717) is 12.3 Å². The normalized spacial score (nSPS) is 10.8. The van der Waals surface area contributed by atoms with Crippen LogP contribution in [-0.4, -0.2) is 23.5 Å². The van der Waals surface area contributed by atoms with Gasteiger partial charge in [-0.25, -0.2) is 4.79 Å². The van der Waals surface area contributed by atoms with Gasteiger partial charge in [-0.1, -0.05) is 12.2 Å². The number of hydrogen-bond donors (Lipinski definition) is 2. The molecule has 0 fully saturated rings. The van der Waals surface area contributed by atoms with Crippen molar-refractivity contribution < 1.29 is 14.3 Å². The first-order chi connectivity index (χ1) is 8.47. The largest absolute Gasteiger partial charge is 0.461 e. The van der Waals surface area contributed by atoms with E-state index < -0.39 is 0 Å². The predicted molar refractivity (Wildman–Crippen MR) is 69.1 cm³/mol. The molecule has 5 nitrogen and oxygen atoms in total. The lowest BCUT2D eigenvalue weighted by molar-refractivity contribution is -0.117. The highest BCUT2D eigenvalue weighted by molar-refractivity contribution is 5.91. The van der Waals surface area contributed by atoms with E-state index in [0.717, 1.165) is 16.8 Å². The average molecular weight is 250 g/mol. The van der Waals surface area contributed by atoms with Crippen molar-refractivity contribution in [2.75, 3.05) is 6.61 Å². The lowest BCUT2D eigenvalue weighted by Gasteiger charge is -2.00. The van der Waals surface area contributed by atoms with Crippen LogP contribution < -0.4 is 5.73 Å². The smallest absolute Gasteiger partial charge is 0.355 e. The van der Waals surface area contributed by atoms with E-state index in [4.69, 9.17) is 10.5 Å². The number of nitrogens with two attached hydrogens (primary N) is 1. The molecular formula is C13H18N2O3. The van der Waals surface area contributed by atoms with Crippen LogP contribution in [0.2, 0.25) is 0 Å². The van der Waals surface area contributed by atoms with Crippen molar-refractivity contribution >= 4 is 18.0 Å². The number of aromatic nitrogens is 1. The quantitative estimate of drug-likeness (QED) is 0.780. The topological polar surface area (TPSA) is 85.2 Å². The Morgan fingerprint density at radius 1 is 1.39 bits per heavy atom. The Labute approximate surface area is 106 Å². The molecule has 0 saturated heterocycles. The molecule has 1 aromatic rings. The van der Waals surface area contributed by atoms with E-state index in [1.54, 1.807) is 19.1 Å². The van der Waals surface area contributed by atoms with Gasteiger partial charge in [-0.15, -0.1) is 0 Å². The molecule has 1 rings (SSSR count). The van der Waals surface area contributed by atoms with Crippen LogP contribution in [-0.2, 0) is 9.53 Å². The summed E-state index contributed by atoms with van der Waals surface area (Å²) in [5, 5.41) is 0. The third-order valence-electron chi connectivity index (χ3n) is 2.58. The number of primary amides is 1. The summed E-state index contributed by atoms with van der Waals surface area (Å²) >= 11 is 0. The second-order valence-electron chi connectivity index (χ2n) is 3.96. The maximum absolute atomic E-state index is 11.7. The summed E-state index contributed by atoms with van der Waals surface area (Å²) in [5.74, 6) is -0.754. The summed E-state index contributed by atoms with van der Waals surface area (Å²) in [5.41, 5.74) is 8.06. The Balaban J connectivity index is 2.97. The van der Waals surface area contributed by atoms with Gasteiger partial charge >= 0.3 is 5.97 Å². The number of esters is 1.